The number of fused-ring (bicyclic) bond motifs is 1. The van der Waals surface area contributed by atoms with Crippen LogP contribution in [0.5, 0.6) is 0 Å². The molecule has 2 aliphatic rings. The molecule has 4 aromatic rings. The van der Waals surface area contributed by atoms with Gasteiger partial charge in [-0.2, -0.15) is 44.3 Å². The van der Waals surface area contributed by atoms with Crippen molar-refractivity contribution in [1.29, 1.82) is 0 Å². The Labute approximate surface area is 288 Å². The molecule has 0 bridgehead atoms. The average Bonchev–Trinajstić information content (AvgIpc) is 3.41. The van der Waals surface area contributed by atoms with Crippen molar-refractivity contribution in [1.82, 2.24) is 25.1 Å². The number of hydrogen-bond donors (Lipinski definition) is 0. The van der Waals surface area contributed by atoms with E-state index in [2.05, 4.69) is 20.3 Å². The Morgan fingerprint density at radius 3 is 1.98 bits per heavy atom. The lowest BCUT2D eigenvalue weighted by atomic mass is 9.93. The number of aryl methyl sites for hydroxylation is 2. The second-order valence-electron chi connectivity index (χ2n) is 13.2. The van der Waals surface area contributed by atoms with Gasteiger partial charge in [0.05, 0.1) is 29.8 Å². The Morgan fingerprint density at radius 2 is 1.41 bits per heavy atom. The fourth-order valence-corrected chi connectivity index (χ4v) is 7.22. The molecule has 3 heterocycles. The van der Waals surface area contributed by atoms with Crippen LogP contribution in [-0.4, -0.2) is 50.8 Å². The van der Waals surface area contributed by atoms with Crippen LogP contribution in [0.25, 0.3) is 0 Å². The number of alkyl halides is 9. The summed E-state index contributed by atoms with van der Waals surface area (Å²) in [5, 5.41) is 12.1. The summed E-state index contributed by atoms with van der Waals surface area (Å²) in [6.45, 7) is 3.43. The number of tetrazole rings is 1. The van der Waals surface area contributed by atoms with Crippen molar-refractivity contribution in [3.8, 4) is 0 Å². The molecule has 274 valence electrons. The van der Waals surface area contributed by atoms with Crippen molar-refractivity contribution in [3.05, 3.63) is 99.6 Å². The minimum absolute atomic E-state index is 0.0560. The van der Waals surface area contributed by atoms with Crippen LogP contribution in [0.3, 0.4) is 0 Å². The lowest BCUT2D eigenvalue weighted by molar-refractivity contribution is -0.143. The minimum Gasteiger partial charge on any atom is -0.368 e. The van der Waals surface area contributed by atoms with Crippen LogP contribution >= 0.6 is 0 Å². The summed E-state index contributed by atoms with van der Waals surface area (Å²) in [6.07, 6.45) is -12.6. The predicted octanol–water partition coefficient (Wildman–Crippen LogP) is 8.59. The molecule has 1 atom stereocenters. The summed E-state index contributed by atoms with van der Waals surface area (Å²) in [5.74, 6) is -0.0837. The Bertz CT molecular complexity index is 1780. The largest absolute Gasteiger partial charge is 0.416 e. The molecule has 0 radical (unpaired) electrons. The number of benzene rings is 3. The summed E-state index contributed by atoms with van der Waals surface area (Å²) in [7, 11) is 1.45. The molecule has 0 amide bonds. The highest BCUT2D eigenvalue weighted by atomic mass is 19.4. The molecular formula is C35H36F9N7. The summed E-state index contributed by atoms with van der Waals surface area (Å²) < 4.78 is 126. The maximum absolute atomic E-state index is 14.4. The number of anilines is 2. The van der Waals surface area contributed by atoms with E-state index in [1.807, 2.05) is 35.2 Å². The number of hydrogen-bond acceptors (Lipinski definition) is 6. The van der Waals surface area contributed by atoms with E-state index in [-0.39, 0.29) is 29.2 Å². The van der Waals surface area contributed by atoms with E-state index in [1.54, 1.807) is 0 Å². The molecule has 0 N–H and O–H groups in total. The smallest absolute Gasteiger partial charge is 0.368 e. The molecule has 2 aliphatic heterocycles. The molecule has 6 rings (SSSR count). The standard InChI is InChI=1S/C35H36F9N7/c1-22-15-28-30(51(32-45-47-48(2)46-32)21-24-16-25(33(36,37)38)18-26(17-24)34(39,40)41)9-6-12-50(31(28)19-29(22)35(42,43)44)27-10-13-49(14-11-27)20-23-7-4-3-5-8-23/h3-5,7-8,15-19,27,30H,6,9-14,20-21H2,1-2H3/t30-/m0/s1. The first-order valence-electron chi connectivity index (χ1n) is 16.5. The fraction of sp³-hybridized carbons (Fsp3) is 0.457. The highest BCUT2D eigenvalue weighted by Gasteiger charge is 2.40. The molecule has 1 fully saturated rings. The Balaban J connectivity index is 1.40. The third-order valence-corrected chi connectivity index (χ3v) is 9.60. The van der Waals surface area contributed by atoms with Crippen molar-refractivity contribution in [2.45, 2.75) is 76.3 Å². The van der Waals surface area contributed by atoms with Crippen LogP contribution in [0.4, 0.5) is 51.1 Å². The minimum atomic E-state index is -5.07. The Morgan fingerprint density at radius 1 is 0.765 bits per heavy atom. The van der Waals surface area contributed by atoms with Crippen molar-refractivity contribution in [2.24, 2.45) is 7.05 Å². The van der Waals surface area contributed by atoms with Crippen LogP contribution in [0.2, 0.25) is 0 Å². The number of likely N-dealkylation sites (tertiary alicyclic amines) is 1. The molecule has 51 heavy (non-hydrogen) atoms. The monoisotopic (exact) mass is 725 g/mol. The summed E-state index contributed by atoms with van der Waals surface area (Å²) in [4.78, 5) is 6.84. The third kappa shape index (κ3) is 8.26. The van der Waals surface area contributed by atoms with Gasteiger partial charge in [0.15, 0.2) is 0 Å². The van der Waals surface area contributed by atoms with E-state index >= 15 is 0 Å². The SMILES string of the molecule is Cc1cc2c(cc1C(F)(F)F)N(C1CCN(Cc3ccccc3)CC1)CCC[C@@H]2N(Cc1cc(C(F)(F)F)cc(C(F)(F)F)c1)c1nnn(C)n1. The molecule has 0 aliphatic carbocycles. The molecule has 0 spiro atoms. The lowest BCUT2D eigenvalue weighted by Gasteiger charge is -2.41. The van der Waals surface area contributed by atoms with Crippen LogP contribution < -0.4 is 9.80 Å². The normalized spacial score (nSPS) is 18.1. The molecule has 0 unspecified atom stereocenters. The van der Waals surface area contributed by atoms with E-state index < -0.39 is 47.8 Å². The first-order chi connectivity index (χ1) is 24.0. The van der Waals surface area contributed by atoms with Crippen molar-refractivity contribution >= 4 is 11.6 Å². The Kier molecular flexibility index (Phi) is 10.0. The number of halogens is 9. The second kappa shape index (κ2) is 14.0. The van der Waals surface area contributed by atoms with Gasteiger partial charge in [0.25, 0.3) is 5.95 Å². The highest BCUT2D eigenvalue weighted by molar-refractivity contribution is 5.62. The van der Waals surface area contributed by atoms with E-state index in [9.17, 15) is 39.5 Å². The van der Waals surface area contributed by atoms with Crippen LogP contribution in [0.1, 0.15) is 70.7 Å². The molecule has 1 aromatic heterocycles. The van der Waals surface area contributed by atoms with Crippen molar-refractivity contribution < 1.29 is 39.5 Å². The number of nitrogens with zero attached hydrogens (tertiary/aromatic N) is 7. The zero-order valence-corrected chi connectivity index (χ0v) is 27.8. The lowest BCUT2D eigenvalue weighted by Crippen LogP contribution is -2.45. The van der Waals surface area contributed by atoms with Gasteiger partial charge in [-0.3, -0.25) is 4.90 Å². The first kappa shape index (κ1) is 36.5. The number of aromatic nitrogens is 4. The molecule has 0 saturated carbocycles. The van der Waals surface area contributed by atoms with Gasteiger partial charge in [-0.1, -0.05) is 41.5 Å². The third-order valence-electron chi connectivity index (χ3n) is 9.60. The van der Waals surface area contributed by atoms with Gasteiger partial charge in [-0.25, -0.2) is 0 Å². The summed E-state index contributed by atoms with van der Waals surface area (Å²) in [6, 6.07) is 13.0. The van der Waals surface area contributed by atoms with Crippen LogP contribution in [0.15, 0.2) is 60.7 Å². The Hall–Kier alpha value is -4.34. The maximum atomic E-state index is 14.4. The van der Waals surface area contributed by atoms with Gasteiger partial charge in [0, 0.05) is 44.5 Å². The topological polar surface area (TPSA) is 53.3 Å². The van der Waals surface area contributed by atoms with Gasteiger partial charge in [-0.15, -0.1) is 5.10 Å². The molecular weight excluding hydrogens is 689 g/mol. The second-order valence-corrected chi connectivity index (χ2v) is 13.2. The number of piperidine rings is 1. The zero-order chi connectivity index (χ0) is 36.7. The van der Waals surface area contributed by atoms with Crippen LogP contribution in [0, 0.1) is 6.92 Å². The van der Waals surface area contributed by atoms with Crippen molar-refractivity contribution in [2.75, 3.05) is 29.4 Å². The van der Waals surface area contributed by atoms with Gasteiger partial charge in [0.2, 0.25) is 0 Å². The van der Waals surface area contributed by atoms with Gasteiger partial charge < -0.3 is 9.80 Å². The maximum Gasteiger partial charge on any atom is 0.416 e. The molecule has 3 aromatic carbocycles. The van der Waals surface area contributed by atoms with E-state index in [0.29, 0.717) is 55.6 Å². The number of rotatable bonds is 7. The molecule has 16 heteroatoms. The zero-order valence-electron chi connectivity index (χ0n) is 27.8. The first-order valence-corrected chi connectivity index (χ1v) is 16.5. The molecule has 1 saturated heterocycles. The fourth-order valence-electron chi connectivity index (χ4n) is 7.22. The van der Waals surface area contributed by atoms with Gasteiger partial charge in [0.1, 0.15) is 0 Å². The average molecular weight is 726 g/mol. The van der Waals surface area contributed by atoms with Crippen LogP contribution in [-0.2, 0) is 38.7 Å². The van der Waals surface area contributed by atoms with E-state index in [4.69, 9.17) is 0 Å². The highest BCUT2D eigenvalue weighted by Crippen LogP contribution is 2.45. The van der Waals surface area contributed by atoms with Gasteiger partial charge in [-0.05, 0) is 84.3 Å². The summed E-state index contributed by atoms with van der Waals surface area (Å²) >= 11 is 0. The van der Waals surface area contributed by atoms with Gasteiger partial charge >= 0.3 is 18.5 Å². The quantitative estimate of drug-likeness (QED) is 0.178. The summed E-state index contributed by atoms with van der Waals surface area (Å²) in [5.41, 5.74) is -2.20. The predicted molar refractivity (Wildman–Crippen MR) is 172 cm³/mol. The van der Waals surface area contributed by atoms with E-state index in [0.717, 1.165) is 36.1 Å². The van der Waals surface area contributed by atoms with E-state index in [1.165, 1.54) is 24.9 Å². The molecule has 7 nitrogen and oxygen atoms in total. The van der Waals surface area contributed by atoms with Crippen molar-refractivity contribution in [3.63, 3.8) is 0 Å².